The zero-order chi connectivity index (χ0) is 19.8. The molecule has 0 N–H and O–H groups in total. The Balaban J connectivity index is 1.64. The van der Waals surface area contributed by atoms with Gasteiger partial charge < -0.3 is 13.4 Å². The van der Waals surface area contributed by atoms with Crippen molar-refractivity contribution in [3.05, 3.63) is 80.7 Å². The first-order valence-corrected chi connectivity index (χ1v) is 9.33. The Bertz CT molecular complexity index is 1200. The van der Waals surface area contributed by atoms with E-state index in [0.717, 1.165) is 26.2 Å². The molecule has 142 valence electrons. The van der Waals surface area contributed by atoms with Gasteiger partial charge in [0.15, 0.2) is 11.5 Å². The van der Waals surface area contributed by atoms with E-state index in [-0.39, 0.29) is 18.2 Å². The fourth-order valence-corrected chi connectivity index (χ4v) is 3.42. The summed E-state index contributed by atoms with van der Waals surface area (Å²) in [5, 5.41) is 4.06. The summed E-state index contributed by atoms with van der Waals surface area (Å²) in [6, 6.07) is 12.9. The van der Waals surface area contributed by atoms with Gasteiger partial charge in [-0.15, -0.1) is 5.10 Å². The molecule has 0 unspecified atom stereocenters. The van der Waals surface area contributed by atoms with Crippen LogP contribution in [0.3, 0.4) is 0 Å². The van der Waals surface area contributed by atoms with Gasteiger partial charge in [0.05, 0.1) is 6.26 Å². The van der Waals surface area contributed by atoms with Crippen LogP contribution in [0, 0.1) is 13.8 Å². The summed E-state index contributed by atoms with van der Waals surface area (Å²) in [7, 11) is 0. The van der Waals surface area contributed by atoms with Gasteiger partial charge >= 0.3 is 5.76 Å². The topological polar surface area (TPSA) is 83.2 Å². The molecule has 7 nitrogen and oxygen atoms in total. The summed E-state index contributed by atoms with van der Waals surface area (Å²) < 4.78 is 14.2. The molecule has 0 bridgehead atoms. The van der Waals surface area contributed by atoms with E-state index in [1.165, 1.54) is 6.26 Å². The van der Waals surface area contributed by atoms with Crippen LogP contribution in [0.4, 0.5) is 0 Å². The molecule has 0 aliphatic rings. The smallest absolute Gasteiger partial charge is 0.437 e. The normalized spacial score (nSPS) is 11.1. The van der Waals surface area contributed by atoms with E-state index in [0.29, 0.717) is 11.3 Å². The summed E-state index contributed by atoms with van der Waals surface area (Å²) >= 11 is 3.43. The molecular weight excluding hydrogens is 426 g/mol. The maximum absolute atomic E-state index is 12.8. The van der Waals surface area contributed by atoms with Crippen LogP contribution in [0.5, 0.6) is 0 Å². The minimum Gasteiger partial charge on any atom is -0.459 e. The number of rotatable bonds is 5. The van der Waals surface area contributed by atoms with Crippen LogP contribution >= 0.6 is 15.9 Å². The summed E-state index contributed by atoms with van der Waals surface area (Å²) in [5.41, 5.74) is 3.21. The van der Waals surface area contributed by atoms with Gasteiger partial charge in [0.1, 0.15) is 6.54 Å². The van der Waals surface area contributed by atoms with E-state index in [4.69, 9.17) is 8.83 Å². The van der Waals surface area contributed by atoms with E-state index < -0.39 is 5.76 Å². The maximum atomic E-state index is 12.8. The second kappa shape index (κ2) is 7.12. The molecule has 8 heteroatoms. The molecule has 0 radical (unpaired) electrons. The summed E-state index contributed by atoms with van der Waals surface area (Å²) in [4.78, 5) is 24.9. The lowest BCUT2D eigenvalue weighted by molar-refractivity contribution is 0.0964. The third-order valence-corrected chi connectivity index (χ3v) is 4.98. The monoisotopic (exact) mass is 441 g/mol. The molecule has 28 heavy (non-hydrogen) atoms. The Hall–Kier alpha value is -3.13. The highest BCUT2D eigenvalue weighted by Gasteiger charge is 2.20. The van der Waals surface area contributed by atoms with E-state index in [1.807, 2.05) is 48.7 Å². The van der Waals surface area contributed by atoms with E-state index in [9.17, 15) is 9.59 Å². The Kier molecular flexibility index (Phi) is 4.64. The Morgan fingerprint density at radius 1 is 1.18 bits per heavy atom. The fraction of sp³-hybridized carbons (Fsp3) is 0.150. The molecule has 3 aromatic heterocycles. The number of furan rings is 1. The van der Waals surface area contributed by atoms with Crippen molar-refractivity contribution < 1.29 is 13.6 Å². The average molecular weight is 442 g/mol. The molecular formula is C20H16BrN3O4. The van der Waals surface area contributed by atoms with Gasteiger partial charge in [-0.3, -0.25) is 4.79 Å². The molecule has 0 saturated carbocycles. The largest absolute Gasteiger partial charge is 0.459 e. The lowest BCUT2D eigenvalue weighted by Crippen LogP contribution is -2.21. The van der Waals surface area contributed by atoms with Crippen LogP contribution in [0.25, 0.3) is 17.3 Å². The lowest BCUT2D eigenvalue weighted by atomic mass is 10.1. The fourth-order valence-electron chi connectivity index (χ4n) is 3.16. The van der Waals surface area contributed by atoms with Gasteiger partial charge in [0.2, 0.25) is 0 Å². The van der Waals surface area contributed by atoms with Crippen molar-refractivity contribution in [2.45, 2.75) is 20.4 Å². The standard InChI is InChI=1S/C20H16BrN3O4/c1-12-10-16(13(2)24(12)15-7-5-14(21)6-8-15)17(25)11-23-20(26)28-19(22-23)18-4-3-9-27-18/h3-10H,11H2,1-2H3. The summed E-state index contributed by atoms with van der Waals surface area (Å²) in [6.45, 7) is 3.60. The Labute approximate surface area is 168 Å². The number of Topliss-reactive ketones (excluding diaryl/α,β-unsaturated/α-hetero) is 1. The molecule has 1 aromatic carbocycles. The van der Waals surface area contributed by atoms with Gasteiger partial charge in [-0.1, -0.05) is 15.9 Å². The molecule has 3 heterocycles. The van der Waals surface area contributed by atoms with E-state index >= 15 is 0 Å². The highest BCUT2D eigenvalue weighted by atomic mass is 79.9. The molecule has 4 aromatic rings. The number of halogens is 1. The molecule has 4 rings (SSSR count). The van der Waals surface area contributed by atoms with Crippen LogP contribution in [-0.2, 0) is 6.54 Å². The summed E-state index contributed by atoms with van der Waals surface area (Å²) in [5.74, 6) is -0.556. The molecule has 0 amide bonds. The number of aromatic nitrogens is 3. The zero-order valence-electron chi connectivity index (χ0n) is 15.2. The molecule has 0 fully saturated rings. The molecule has 0 aliphatic heterocycles. The van der Waals surface area contributed by atoms with Crippen molar-refractivity contribution >= 4 is 21.7 Å². The molecule has 0 saturated heterocycles. The average Bonchev–Trinajstić information content (AvgIpc) is 3.37. The van der Waals surface area contributed by atoms with Gasteiger partial charge in [-0.2, -0.15) is 4.68 Å². The second-order valence-corrected chi connectivity index (χ2v) is 7.24. The lowest BCUT2D eigenvalue weighted by Gasteiger charge is -2.10. The highest BCUT2D eigenvalue weighted by molar-refractivity contribution is 9.10. The highest BCUT2D eigenvalue weighted by Crippen LogP contribution is 2.23. The first-order valence-electron chi connectivity index (χ1n) is 8.54. The summed E-state index contributed by atoms with van der Waals surface area (Å²) in [6.07, 6.45) is 1.45. The van der Waals surface area contributed by atoms with Crippen molar-refractivity contribution in [2.24, 2.45) is 0 Å². The third kappa shape index (κ3) is 3.27. The number of carbonyl (C=O) groups is 1. The van der Waals surface area contributed by atoms with Crippen molar-refractivity contribution in [3.8, 4) is 17.3 Å². The number of nitrogens with zero attached hydrogens (tertiary/aromatic N) is 3. The van der Waals surface area contributed by atoms with Crippen LogP contribution in [-0.4, -0.2) is 20.1 Å². The second-order valence-electron chi connectivity index (χ2n) is 6.33. The number of benzene rings is 1. The van der Waals surface area contributed by atoms with Gasteiger partial charge in [0.25, 0.3) is 5.89 Å². The minimum absolute atomic E-state index is 0.0446. The molecule has 0 spiro atoms. The van der Waals surface area contributed by atoms with Crippen LogP contribution in [0.1, 0.15) is 21.7 Å². The Morgan fingerprint density at radius 2 is 1.93 bits per heavy atom. The van der Waals surface area contributed by atoms with E-state index in [2.05, 4.69) is 21.0 Å². The van der Waals surface area contributed by atoms with Crippen LogP contribution < -0.4 is 5.76 Å². The third-order valence-electron chi connectivity index (χ3n) is 4.45. The molecule has 0 atom stereocenters. The van der Waals surface area contributed by atoms with E-state index in [1.54, 1.807) is 12.1 Å². The predicted octanol–water partition coefficient (Wildman–Crippen LogP) is 4.15. The SMILES string of the molecule is Cc1cc(C(=O)Cn2nc(-c3ccco3)oc2=O)c(C)n1-c1ccc(Br)cc1. The zero-order valence-corrected chi connectivity index (χ0v) is 16.8. The quantitative estimate of drug-likeness (QED) is 0.434. The molecule has 0 aliphatic carbocycles. The number of hydrogen-bond acceptors (Lipinski definition) is 5. The first-order chi connectivity index (χ1) is 13.4. The van der Waals surface area contributed by atoms with Crippen LogP contribution in [0.2, 0.25) is 0 Å². The van der Waals surface area contributed by atoms with Crippen LogP contribution in [0.15, 0.2) is 66.8 Å². The Morgan fingerprint density at radius 3 is 2.61 bits per heavy atom. The van der Waals surface area contributed by atoms with Gasteiger partial charge in [-0.25, -0.2) is 4.79 Å². The minimum atomic E-state index is -0.707. The first kappa shape index (κ1) is 18.2. The maximum Gasteiger partial charge on any atom is 0.437 e. The van der Waals surface area contributed by atoms with Gasteiger partial charge in [0, 0.05) is 27.1 Å². The number of aryl methyl sites for hydroxylation is 1. The van der Waals surface area contributed by atoms with Gasteiger partial charge in [-0.05, 0) is 56.3 Å². The van der Waals surface area contributed by atoms with Crippen molar-refractivity contribution in [2.75, 3.05) is 0 Å². The number of hydrogen-bond donors (Lipinski definition) is 0. The van der Waals surface area contributed by atoms with Crippen molar-refractivity contribution in [3.63, 3.8) is 0 Å². The van der Waals surface area contributed by atoms with Crippen molar-refractivity contribution in [1.29, 1.82) is 0 Å². The predicted molar refractivity (Wildman–Crippen MR) is 106 cm³/mol. The number of ketones is 1. The number of carbonyl (C=O) groups excluding carboxylic acids is 1. The van der Waals surface area contributed by atoms with Crippen molar-refractivity contribution in [1.82, 2.24) is 14.3 Å².